The van der Waals surface area contributed by atoms with Gasteiger partial charge in [-0.05, 0) is 43.3 Å². The molecule has 0 bridgehead atoms. The molecule has 0 radical (unpaired) electrons. The van der Waals surface area contributed by atoms with E-state index in [0.29, 0.717) is 26.7 Å². The summed E-state index contributed by atoms with van der Waals surface area (Å²) in [6.45, 7) is 1.24. The number of rotatable bonds is 8. The van der Waals surface area contributed by atoms with Crippen LogP contribution in [0.4, 0.5) is 5.69 Å². The van der Waals surface area contributed by atoms with Crippen LogP contribution in [-0.4, -0.2) is 45.1 Å². The Bertz CT molecular complexity index is 1900. The summed E-state index contributed by atoms with van der Waals surface area (Å²) in [5, 5.41) is 26.3. The van der Waals surface area contributed by atoms with Crippen LogP contribution < -0.4 is 15.0 Å². The molecule has 2 heterocycles. The normalized spacial score (nSPS) is 12.2. The second-order valence-corrected chi connectivity index (χ2v) is 9.41. The first kappa shape index (κ1) is 26.6. The van der Waals surface area contributed by atoms with Crippen molar-refractivity contribution < 1.29 is 28.7 Å². The van der Waals surface area contributed by atoms with Gasteiger partial charge in [0.2, 0.25) is 11.6 Å². The van der Waals surface area contributed by atoms with Crippen molar-refractivity contribution in [3.63, 3.8) is 0 Å². The third-order valence-corrected chi connectivity index (χ3v) is 6.39. The van der Waals surface area contributed by atoms with Gasteiger partial charge in [-0.3, -0.25) is 14.9 Å². The number of nitro benzene ring substituents is 1. The highest BCUT2D eigenvalue weighted by Gasteiger charge is 2.25. The van der Waals surface area contributed by atoms with Crippen LogP contribution in [0.5, 0.6) is 11.5 Å². The van der Waals surface area contributed by atoms with Crippen molar-refractivity contribution in [2.45, 2.75) is 13.0 Å². The maximum Gasteiger partial charge on any atom is 0.344 e. The number of para-hydroxylation sites is 1. The van der Waals surface area contributed by atoms with E-state index in [1.54, 1.807) is 48.5 Å². The average molecular weight is 607 g/mol. The first-order valence-corrected chi connectivity index (χ1v) is 12.5. The lowest BCUT2D eigenvalue weighted by atomic mass is 10.2. The van der Waals surface area contributed by atoms with Crippen molar-refractivity contribution in [3.05, 3.63) is 91.2 Å². The smallest absolute Gasteiger partial charge is 0.344 e. The van der Waals surface area contributed by atoms with Crippen molar-refractivity contribution in [2.24, 2.45) is 5.10 Å². The fraction of sp³-hybridized carbons (Fsp3) is 0.111. The Balaban J connectivity index is 1.74. The number of fused-ring (bicyclic) bond motifs is 2. The molecule has 0 aliphatic heterocycles. The summed E-state index contributed by atoms with van der Waals surface area (Å²) in [4.78, 5) is 40.7. The van der Waals surface area contributed by atoms with Crippen LogP contribution in [0.3, 0.4) is 0 Å². The number of nitrogens with zero attached hydrogens (tertiary/aromatic N) is 4. The molecular formula is C27H19BrN4O8. The third-order valence-electron chi connectivity index (χ3n) is 5.93. The molecule has 5 aromatic rings. The van der Waals surface area contributed by atoms with E-state index in [4.69, 9.17) is 13.9 Å². The van der Waals surface area contributed by atoms with Crippen molar-refractivity contribution in [3.8, 4) is 23.1 Å². The highest BCUT2D eigenvalue weighted by Crippen LogP contribution is 2.35. The first-order chi connectivity index (χ1) is 19.2. The highest BCUT2D eigenvalue weighted by atomic mass is 79.9. The first-order valence-electron chi connectivity index (χ1n) is 11.7. The molecular weight excluding hydrogens is 588 g/mol. The number of hydrogen-bond acceptors (Lipinski definition) is 9. The summed E-state index contributed by atoms with van der Waals surface area (Å²) in [7, 11) is 1.53. The summed E-state index contributed by atoms with van der Waals surface area (Å²) in [5.74, 6) is -0.817. The van der Waals surface area contributed by atoms with E-state index in [1.807, 2.05) is 0 Å². The maximum atomic E-state index is 13.6. The van der Waals surface area contributed by atoms with E-state index in [-0.39, 0.29) is 28.3 Å². The van der Waals surface area contributed by atoms with Crippen LogP contribution in [-0.2, 0) is 4.79 Å². The van der Waals surface area contributed by atoms with E-state index in [2.05, 4.69) is 26.0 Å². The predicted octanol–water partition coefficient (Wildman–Crippen LogP) is 5.22. The molecule has 202 valence electrons. The SMILES string of the molecule is COc1cccc2oc(-c3nc4ccccc4c(=O)n3N=Cc3cc(Br)cc([N+](=O)[O-])c3O[C@H](C)C(=O)O)cc12. The second kappa shape index (κ2) is 10.6. The zero-order valence-corrected chi connectivity index (χ0v) is 22.5. The van der Waals surface area contributed by atoms with E-state index < -0.39 is 28.2 Å². The van der Waals surface area contributed by atoms with Crippen molar-refractivity contribution in [2.75, 3.05) is 7.11 Å². The maximum absolute atomic E-state index is 13.6. The minimum atomic E-state index is -1.40. The number of hydrogen-bond donors (Lipinski definition) is 1. The molecule has 0 spiro atoms. The molecule has 0 saturated carbocycles. The lowest BCUT2D eigenvalue weighted by Gasteiger charge is -2.13. The molecule has 2 aromatic heterocycles. The van der Waals surface area contributed by atoms with Gasteiger partial charge in [0, 0.05) is 16.1 Å². The molecule has 5 rings (SSSR count). The van der Waals surface area contributed by atoms with Gasteiger partial charge in [-0.15, -0.1) is 0 Å². The number of aliphatic carboxylic acids is 1. The van der Waals surface area contributed by atoms with Gasteiger partial charge in [-0.2, -0.15) is 9.78 Å². The summed E-state index contributed by atoms with van der Waals surface area (Å²) < 4.78 is 18.2. The Morgan fingerprint density at radius 3 is 2.70 bits per heavy atom. The Hall–Kier alpha value is -5.04. The number of aromatic nitrogens is 2. The van der Waals surface area contributed by atoms with Gasteiger partial charge >= 0.3 is 11.7 Å². The standard InChI is InChI=1S/C27H19BrN4O8/c1-14(27(34)35)39-24-15(10-16(28)11-20(24)32(36)37)13-29-31-25(30-19-7-4-3-6-17(19)26(31)33)23-12-18-21(38-2)8-5-9-22(18)40-23/h3-14H,1-2H3,(H,34,35)/t14-/m1/s1. The fourth-order valence-electron chi connectivity index (χ4n) is 4.02. The Morgan fingerprint density at radius 2 is 1.98 bits per heavy atom. The molecule has 13 heteroatoms. The second-order valence-electron chi connectivity index (χ2n) is 8.50. The topological polar surface area (TPSA) is 159 Å². The van der Waals surface area contributed by atoms with Gasteiger partial charge in [0.15, 0.2) is 11.9 Å². The Morgan fingerprint density at radius 1 is 1.20 bits per heavy atom. The van der Waals surface area contributed by atoms with Crippen LogP contribution in [0.25, 0.3) is 33.5 Å². The number of ether oxygens (including phenoxy) is 2. The summed E-state index contributed by atoms with van der Waals surface area (Å²) in [6, 6.07) is 16.2. The highest BCUT2D eigenvalue weighted by molar-refractivity contribution is 9.10. The number of carboxylic acids is 1. The van der Waals surface area contributed by atoms with Gasteiger partial charge in [0.1, 0.15) is 11.3 Å². The zero-order valence-electron chi connectivity index (χ0n) is 20.9. The van der Waals surface area contributed by atoms with Crippen LogP contribution in [0.1, 0.15) is 12.5 Å². The number of carboxylic acid groups (broad SMARTS) is 1. The molecule has 0 unspecified atom stereocenters. The summed E-state index contributed by atoms with van der Waals surface area (Å²) >= 11 is 3.22. The minimum absolute atomic E-state index is 0.0476. The molecule has 1 N–H and O–H groups in total. The summed E-state index contributed by atoms with van der Waals surface area (Å²) in [6.07, 6.45) is -0.245. The van der Waals surface area contributed by atoms with Crippen LogP contribution in [0, 0.1) is 10.1 Å². The number of benzene rings is 3. The molecule has 0 amide bonds. The molecule has 0 fully saturated rings. The molecule has 3 aromatic carbocycles. The molecule has 0 aliphatic rings. The fourth-order valence-corrected chi connectivity index (χ4v) is 4.48. The van der Waals surface area contributed by atoms with E-state index in [1.165, 1.54) is 26.2 Å². The van der Waals surface area contributed by atoms with Gasteiger partial charge < -0.3 is 19.0 Å². The number of halogens is 1. The van der Waals surface area contributed by atoms with Crippen LogP contribution in [0.2, 0.25) is 0 Å². The van der Waals surface area contributed by atoms with Crippen LogP contribution in [0.15, 0.2) is 79.4 Å². The lowest BCUT2D eigenvalue weighted by Crippen LogP contribution is -2.24. The van der Waals surface area contributed by atoms with Gasteiger partial charge in [0.05, 0.1) is 34.5 Å². The van der Waals surface area contributed by atoms with E-state index >= 15 is 0 Å². The third kappa shape index (κ3) is 4.89. The van der Waals surface area contributed by atoms with E-state index in [9.17, 15) is 24.8 Å². The Kier molecular flexibility index (Phi) is 7.05. The largest absolute Gasteiger partial charge is 0.496 e. The number of furan rings is 1. The monoisotopic (exact) mass is 606 g/mol. The van der Waals surface area contributed by atoms with Crippen LogP contribution >= 0.6 is 15.9 Å². The lowest BCUT2D eigenvalue weighted by molar-refractivity contribution is -0.386. The van der Waals surface area contributed by atoms with E-state index in [0.717, 1.165) is 10.9 Å². The zero-order chi connectivity index (χ0) is 28.6. The number of nitro groups is 1. The number of methoxy groups -OCH3 is 1. The van der Waals surface area contributed by atoms with Crippen molar-refractivity contribution in [1.82, 2.24) is 9.66 Å². The molecule has 1 atom stereocenters. The van der Waals surface area contributed by atoms with Gasteiger partial charge in [-0.25, -0.2) is 9.78 Å². The molecule has 0 saturated heterocycles. The molecule has 0 aliphatic carbocycles. The summed E-state index contributed by atoms with van der Waals surface area (Å²) in [5.41, 5.74) is -0.0777. The molecule has 12 nitrogen and oxygen atoms in total. The predicted molar refractivity (Wildman–Crippen MR) is 149 cm³/mol. The van der Waals surface area contributed by atoms with Gasteiger partial charge in [-0.1, -0.05) is 34.1 Å². The van der Waals surface area contributed by atoms with Gasteiger partial charge in [0.25, 0.3) is 5.56 Å². The number of carbonyl (C=O) groups is 1. The van der Waals surface area contributed by atoms with Crippen molar-refractivity contribution in [1.29, 1.82) is 0 Å². The van der Waals surface area contributed by atoms with Crippen molar-refractivity contribution >= 4 is 55.7 Å². The average Bonchev–Trinajstić information content (AvgIpc) is 3.37. The Labute approximate surface area is 233 Å². The minimum Gasteiger partial charge on any atom is -0.496 e. The molecule has 40 heavy (non-hydrogen) atoms. The quantitative estimate of drug-likeness (QED) is 0.142.